The lowest BCUT2D eigenvalue weighted by Crippen LogP contribution is -2.37. The van der Waals surface area contributed by atoms with Crippen LogP contribution in [-0.2, 0) is 13.1 Å². The third-order valence-electron chi connectivity index (χ3n) is 3.75. The van der Waals surface area contributed by atoms with Gasteiger partial charge in [0.05, 0.1) is 17.4 Å². The number of carbonyl (C=O) groups excluding carboxylic acids is 1. The highest BCUT2D eigenvalue weighted by Crippen LogP contribution is 2.07. The molecule has 0 bridgehead atoms. The van der Waals surface area contributed by atoms with Gasteiger partial charge in [0, 0.05) is 13.6 Å². The summed E-state index contributed by atoms with van der Waals surface area (Å²) in [5.74, 6) is 0.0849. The number of aromatic amines is 1. The monoisotopic (exact) mass is 340 g/mol. The summed E-state index contributed by atoms with van der Waals surface area (Å²) in [6, 6.07) is 12.6. The highest BCUT2D eigenvalue weighted by molar-refractivity contribution is 5.77. The first-order chi connectivity index (χ1) is 12.0. The maximum absolute atomic E-state index is 12.9. The summed E-state index contributed by atoms with van der Waals surface area (Å²) in [7, 11) is 1.61. The summed E-state index contributed by atoms with van der Waals surface area (Å²) in [5.41, 5.74) is 1.14. The van der Waals surface area contributed by atoms with E-state index in [4.69, 9.17) is 0 Å². The normalized spacial score (nSPS) is 10.6. The highest BCUT2D eigenvalue weighted by Gasteiger charge is 2.11. The van der Waals surface area contributed by atoms with E-state index in [0.717, 1.165) is 5.56 Å². The second-order valence-electron chi connectivity index (χ2n) is 5.67. The summed E-state index contributed by atoms with van der Waals surface area (Å²) in [6.45, 7) is 0.445. The minimum absolute atomic E-state index is 0.162. The Morgan fingerprint density at radius 2 is 1.92 bits per heavy atom. The van der Waals surface area contributed by atoms with Crippen molar-refractivity contribution in [1.29, 1.82) is 0 Å². The first kappa shape index (κ1) is 16.6. The Bertz CT molecular complexity index is 953. The molecule has 6 nitrogen and oxygen atoms in total. The van der Waals surface area contributed by atoms with Gasteiger partial charge in [-0.2, -0.15) is 0 Å². The predicted octanol–water partition coefficient (Wildman–Crippen LogP) is 2.40. The van der Waals surface area contributed by atoms with Gasteiger partial charge in [0.15, 0.2) is 0 Å². The number of rotatable bonds is 4. The lowest BCUT2D eigenvalue weighted by molar-refractivity contribution is 0.205. The average molecular weight is 340 g/mol. The van der Waals surface area contributed by atoms with E-state index in [1.807, 2.05) is 0 Å². The van der Waals surface area contributed by atoms with Crippen LogP contribution in [0.2, 0.25) is 0 Å². The largest absolute Gasteiger partial charge is 0.334 e. The van der Waals surface area contributed by atoms with E-state index in [9.17, 15) is 14.0 Å². The number of nitrogens with one attached hydrogen (secondary N) is 2. The Hall–Kier alpha value is -3.22. The van der Waals surface area contributed by atoms with Gasteiger partial charge >= 0.3 is 6.03 Å². The minimum atomic E-state index is -0.321. The molecule has 3 aromatic rings. The standard InChI is InChI=1S/C18H17FN4O2/c1-23(18(25)20-10-12-6-8-13(19)9-7-12)11-16-21-15-5-3-2-4-14(15)17(24)22-16/h2-9H,10-11H2,1H3,(H,20,25)(H,21,22,24). The van der Waals surface area contributed by atoms with Crippen LogP contribution in [0.3, 0.4) is 0 Å². The number of hydrogen-bond donors (Lipinski definition) is 2. The maximum Gasteiger partial charge on any atom is 0.317 e. The van der Waals surface area contributed by atoms with Gasteiger partial charge in [-0.05, 0) is 29.8 Å². The van der Waals surface area contributed by atoms with Crippen molar-refractivity contribution in [1.82, 2.24) is 20.2 Å². The number of aromatic nitrogens is 2. The molecule has 0 saturated heterocycles. The number of halogens is 1. The van der Waals surface area contributed by atoms with Crippen LogP contribution in [0.15, 0.2) is 53.3 Å². The second-order valence-corrected chi connectivity index (χ2v) is 5.67. The Kier molecular flexibility index (Phi) is 4.74. The molecule has 0 aliphatic carbocycles. The molecule has 0 fully saturated rings. The maximum atomic E-state index is 12.9. The number of urea groups is 1. The topological polar surface area (TPSA) is 78.1 Å². The number of carbonyl (C=O) groups is 1. The van der Waals surface area contributed by atoms with Crippen molar-refractivity contribution in [2.24, 2.45) is 0 Å². The molecule has 0 spiro atoms. The van der Waals surface area contributed by atoms with E-state index in [-0.39, 0.29) is 30.5 Å². The fourth-order valence-electron chi connectivity index (χ4n) is 2.42. The van der Waals surface area contributed by atoms with Crippen LogP contribution >= 0.6 is 0 Å². The van der Waals surface area contributed by atoms with Gasteiger partial charge in [0.25, 0.3) is 5.56 Å². The molecule has 2 N–H and O–H groups in total. The Labute approximate surface area is 143 Å². The van der Waals surface area contributed by atoms with Crippen molar-refractivity contribution < 1.29 is 9.18 Å². The summed E-state index contributed by atoms with van der Waals surface area (Å²) in [6.07, 6.45) is 0. The molecule has 0 aliphatic heterocycles. The lowest BCUT2D eigenvalue weighted by atomic mass is 10.2. The third kappa shape index (κ3) is 4.00. The fraction of sp³-hybridized carbons (Fsp3) is 0.167. The summed E-state index contributed by atoms with van der Waals surface area (Å²) in [5, 5.41) is 3.24. The van der Waals surface area contributed by atoms with Crippen molar-refractivity contribution in [3.05, 3.63) is 76.1 Å². The zero-order valence-corrected chi connectivity index (χ0v) is 13.6. The van der Waals surface area contributed by atoms with Crippen molar-refractivity contribution in [3.8, 4) is 0 Å². The lowest BCUT2D eigenvalue weighted by Gasteiger charge is -2.17. The van der Waals surface area contributed by atoms with E-state index >= 15 is 0 Å². The van der Waals surface area contributed by atoms with Crippen LogP contribution in [0, 0.1) is 5.82 Å². The van der Waals surface area contributed by atoms with Crippen LogP contribution in [0.25, 0.3) is 10.9 Å². The Morgan fingerprint density at radius 1 is 1.20 bits per heavy atom. The van der Waals surface area contributed by atoms with Crippen molar-refractivity contribution in [3.63, 3.8) is 0 Å². The number of fused-ring (bicyclic) bond motifs is 1. The molecular formula is C18H17FN4O2. The molecule has 2 aromatic carbocycles. The molecule has 128 valence electrons. The Balaban J connectivity index is 1.65. The quantitative estimate of drug-likeness (QED) is 0.765. The van der Waals surface area contributed by atoms with Gasteiger partial charge in [-0.25, -0.2) is 14.2 Å². The molecule has 1 heterocycles. The molecule has 0 aliphatic rings. The van der Waals surface area contributed by atoms with Gasteiger partial charge in [0.2, 0.25) is 0 Å². The number of nitrogens with zero attached hydrogens (tertiary/aromatic N) is 2. The van der Waals surface area contributed by atoms with E-state index in [2.05, 4.69) is 15.3 Å². The number of amides is 2. The summed E-state index contributed by atoms with van der Waals surface area (Å²) in [4.78, 5) is 32.7. The average Bonchev–Trinajstić information content (AvgIpc) is 2.61. The van der Waals surface area contributed by atoms with E-state index in [1.54, 1.807) is 43.4 Å². The van der Waals surface area contributed by atoms with Gasteiger partial charge < -0.3 is 15.2 Å². The summed E-state index contributed by atoms with van der Waals surface area (Å²) < 4.78 is 12.9. The number of hydrogen-bond acceptors (Lipinski definition) is 3. The van der Waals surface area contributed by atoms with Gasteiger partial charge in [0.1, 0.15) is 11.6 Å². The molecule has 25 heavy (non-hydrogen) atoms. The first-order valence-corrected chi connectivity index (χ1v) is 7.74. The van der Waals surface area contributed by atoms with E-state index in [0.29, 0.717) is 16.7 Å². The molecule has 1 aromatic heterocycles. The molecule has 0 saturated carbocycles. The van der Waals surface area contributed by atoms with Crippen LogP contribution in [0.5, 0.6) is 0 Å². The Morgan fingerprint density at radius 3 is 2.68 bits per heavy atom. The molecule has 3 rings (SSSR count). The predicted molar refractivity (Wildman–Crippen MR) is 92.5 cm³/mol. The van der Waals surface area contributed by atoms with Crippen LogP contribution < -0.4 is 10.9 Å². The number of benzene rings is 2. The first-order valence-electron chi connectivity index (χ1n) is 7.74. The molecular weight excluding hydrogens is 323 g/mol. The third-order valence-corrected chi connectivity index (χ3v) is 3.75. The van der Waals surface area contributed by atoms with E-state index in [1.165, 1.54) is 17.0 Å². The zero-order chi connectivity index (χ0) is 17.8. The molecule has 0 radical (unpaired) electrons. The van der Waals surface area contributed by atoms with Crippen LogP contribution in [-0.4, -0.2) is 27.9 Å². The zero-order valence-electron chi connectivity index (χ0n) is 13.6. The molecule has 7 heteroatoms. The van der Waals surface area contributed by atoms with Gasteiger partial charge in [-0.3, -0.25) is 4.79 Å². The van der Waals surface area contributed by atoms with Gasteiger partial charge in [-0.15, -0.1) is 0 Å². The van der Waals surface area contributed by atoms with Crippen molar-refractivity contribution >= 4 is 16.9 Å². The van der Waals surface area contributed by atoms with Crippen molar-refractivity contribution in [2.75, 3.05) is 7.05 Å². The fourth-order valence-corrected chi connectivity index (χ4v) is 2.42. The molecule has 0 unspecified atom stereocenters. The minimum Gasteiger partial charge on any atom is -0.334 e. The summed E-state index contributed by atoms with van der Waals surface area (Å²) >= 11 is 0. The molecule has 2 amide bonds. The second kappa shape index (κ2) is 7.12. The van der Waals surface area contributed by atoms with Crippen LogP contribution in [0.1, 0.15) is 11.4 Å². The number of para-hydroxylation sites is 1. The number of H-pyrrole nitrogens is 1. The SMILES string of the molecule is CN(Cc1nc2ccccc2c(=O)[nH]1)C(=O)NCc1ccc(F)cc1. The van der Waals surface area contributed by atoms with Crippen LogP contribution in [0.4, 0.5) is 9.18 Å². The molecule has 0 atom stereocenters. The van der Waals surface area contributed by atoms with Gasteiger partial charge in [-0.1, -0.05) is 24.3 Å². The van der Waals surface area contributed by atoms with Crippen molar-refractivity contribution in [2.45, 2.75) is 13.1 Å². The van der Waals surface area contributed by atoms with E-state index < -0.39 is 0 Å². The highest BCUT2D eigenvalue weighted by atomic mass is 19.1. The smallest absolute Gasteiger partial charge is 0.317 e.